The van der Waals surface area contributed by atoms with Gasteiger partial charge in [0, 0.05) is 19.5 Å². The van der Waals surface area contributed by atoms with Crippen molar-refractivity contribution < 1.29 is 4.79 Å². The molecule has 0 unspecified atom stereocenters. The Bertz CT molecular complexity index is 136. The Hall–Kier alpha value is -0.570. The SMILES string of the molecule is CCCCCNN1CCC1=O. The number of amides is 1. The van der Waals surface area contributed by atoms with Gasteiger partial charge in [0.05, 0.1) is 0 Å². The normalized spacial score (nSPS) is 16.8. The van der Waals surface area contributed by atoms with Gasteiger partial charge in [0.25, 0.3) is 0 Å². The fourth-order valence-corrected chi connectivity index (χ4v) is 1.07. The van der Waals surface area contributed by atoms with Crippen molar-refractivity contribution in [1.82, 2.24) is 10.4 Å². The first kappa shape index (κ1) is 8.53. The third-order valence-electron chi connectivity index (χ3n) is 1.93. The Morgan fingerprint density at radius 1 is 1.55 bits per heavy atom. The topological polar surface area (TPSA) is 32.3 Å². The zero-order chi connectivity index (χ0) is 8.10. The summed E-state index contributed by atoms with van der Waals surface area (Å²) in [4.78, 5) is 10.8. The summed E-state index contributed by atoms with van der Waals surface area (Å²) >= 11 is 0. The number of carbonyl (C=O) groups excluding carboxylic acids is 1. The van der Waals surface area contributed by atoms with Crippen molar-refractivity contribution in [2.75, 3.05) is 13.1 Å². The van der Waals surface area contributed by atoms with E-state index in [1.165, 1.54) is 19.3 Å². The molecule has 1 aliphatic heterocycles. The number of β-lactam (4-membered cyclic amide) rings is 1. The Morgan fingerprint density at radius 3 is 2.82 bits per heavy atom. The molecule has 1 aliphatic rings. The molecule has 3 nitrogen and oxygen atoms in total. The first-order valence-electron chi connectivity index (χ1n) is 4.38. The van der Waals surface area contributed by atoms with Crippen LogP contribution in [0.2, 0.25) is 0 Å². The van der Waals surface area contributed by atoms with E-state index < -0.39 is 0 Å². The quantitative estimate of drug-likeness (QED) is 0.474. The summed E-state index contributed by atoms with van der Waals surface area (Å²) in [6.07, 6.45) is 4.37. The summed E-state index contributed by atoms with van der Waals surface area (Å²) in [6, 6.07) is 0. The molecular weight excluding hydrogens is 140 g/mol. The van der Waals surface area contributed by atoms with Gasteiger partial charge in [0.2, 0.25) is 5.91 Å². The lowest BCUT2D eigenvalue weighted by Crippen LogP contribution is -2.52. The average molecular weight is 156 g/mol. The Morgan fingerprint density at radius 2 is 2.36 bits per heavy atom. The molecular formula is C8H16N2O. The minimum absolute atomic E-state index is 0.237. The summed E-state index contributed by atoms with van der Waals surface area (Å²) in [7, 11) is 0. The molecule has 1 amide bonds. The Kier molecular flexibility index (Phi) is 3.36. The number of unbranched alkanes of at least 4 members (excludes halogenated alkanes) is 2. The van der Waals surface area contributed by atoms with Crippen LogP contribution in [0.4, 0.5) is 0 Å². The predicted octanol–water partition coefficient (Wildman–Crippen LogP) is 0.913. The maximum absolute atomic E-state index is 10.8. The van der Waals surface area contributed by atoms with Crippen molar-refractivity contribution in [2.24, 2.45) is 0 Å². The second-order valence-corrected chi connectivity index (χ2v) is 2.91. The zero-order valence-corrected chi connectivity index (χ0v) is 7.10. The van der Waals surface area contributed by atoms with Crippen molar-refractivity contribution in [3.8, 4) is 0 Å². The molecule has 1 heterocycles. The van der Waals surface area contributed by atoms with Gasteiger partial charge in [-0.25, -0.2) is 5.43 Å². The molecule has 1 fully saturated rings. The van der Waals surface area contributed by atoms with E-state index in [2.05, 4.69) is 12.3 Å². The first-order chi connectivity index (χ1) is 5.34. The summed E-state index contributed by atoms with van der Waals surface area (Å²) in [6.45, 7) is 4.01. The second-order valence-electron chi connectivity index (χ2n) is 2.91. The summed E-state index contributed by atoms with van der Waals surface area (Å²) < 4.78 is 0. The number of nitrogens with zero attached hydrogens (tertiary/aromatic N) is 1. The van der Waals surface area contributed by atoms with E-state index in [4.69, 9.17) is 0 Å². The highest BCUT2D eigenvalue weighted by atomic mass is 16.2. The highest BCUT2D eigenvalue weighted by Gasteiger charge is 2.22. The van der Waals surface area contributed by atoms with E-state index >= 15 is 0 Å². The van der Waals surface area contributed by atoms with Gasteiger partial charge in [0.15, 0.2) is 0 Å². The van der Waals surface area contributed by atoms with Crippen LogP contribution in [-0.4, -0.2) is 24.0 Å². The average Bonchev–Trinajstić information content (AvgIpc) is 2.02. The van der Waals surface area contributed by atoms with Crippen LogP contribution in [0.15, 0.2) is 0 Å². The van der Waals surface area contributed by atoms with Gasteiger partial charge in [-0.3, -0.25) is 9.80 Å². The van der Waals surface area contributed by atoms with Gasteiger partial charge < -0.3 is 0 Å². The number of hydrazine groups is 1. The first-order valence-corrected chi connectivity index (χ1v) is 4.38. The third-order valence-corrected chi connectivity index (χ3v) is 1.93. The molecule has 0 spiro atoms. The van der Waals surface area contributed by atoms with Crippen molar-refractivity contribution in [1.29, 1.82) is 0 Å². The second kappa shape index (κ2) is 4.34. The molecule has 1 saturated heterocycles. The molecule has 11 heavy (non-hydrogen) atoms. The monoisotopic (exact) mass is 156 g/mol. The standard InChI is InChI=1S/C8H16N2O/c1-2-3-4-6-9-10-7-5-8(10)11/h9H,2-7H2,1H3. The number of carbonyl (C=O) groups is 1. The third kappa shape index (κ3) is 2.50. The molecule has 0 bridgehead atoms. The molecule has 0 atom stereocenters. The predicted molar refractivity (Wildman–Crippen MR) is 43.9 cm³/mol. The van der Waals surface area contributed by atoms with Crippen LogP contribution in [0.1, 0.15) is 32.6 Å². The lowest BCUT2D eigenvalue weighted by Gasteiger charge is -2.30. The highest BCUT2D eigenvalue weighted by Crippen LogP contribution is 2.03. The molecule has 0 radical (unpaired) electrons. The van der Waals surface area contributed by atoms with Crippen LogP contribution in [0.5, 0.6) is 0 Å². The molecule has 1 rings (SSSR count). The van der Waals surface area contributed by atoms with Crippen molar-refractivity contribution in [3.63, 3.8) is 0 Å². The van der Waals surface area contributed by atoms with Crippen LogP contribution in [-0.2, 0) is 4.79 Å². The van der Waals surface area contributed by atoms with Gasteiger partial charge in [0.1, 0.15) is 0 Å². The fraction of sp³-hybridized carbons (Fsp3) is 0.875. The van der Waals surface area contributed by atoms with Gasteiger partial charge >= 0.3 is 0 Å². The van der Waals surface area contributed by atoms with Gasteiger partial charge in [-0.1, -0.05) is 19.8 Å². The van der Waals surface area contributed by atoms with E-state index in [1.807, 2.05) is 0 Å². The minimum atomic E-state index is 0.237. The molecule has 3 heteroatoms. The smallest absolute Gasteiger partial charge is 0.238 e. The largest absolute Gasteiger partial charge is 0.277 e. The van der Waals surface area contributed by atoms with Crippen LogP contribution in [0.25, 0.3) is 0 Å². The number of nitrogens with one attached hydrogen (secondary N) is 1. The number of hydrogen-bond acceptors (Lipinski definition) is 2. The van der Waals surface area contributed by atoms with Crippen LogP contribution in [0, 0.1) is 0 Å². The van der Waals surface area contributed by atoms with E-state index in [9.17, 15) is 4.79 Å². The summed E-state index contributed by atoms with van der Waals surface area (Å²) in [5.41, 5.74) is 3.09. The molecule has 1 N–H and O–H groups in total. The van der Waals surface area contributed by atoms with Crippen molar-refractivity contribution >= 4 is 5.91 Å². The van der Waals surface area contributed by atoms with E-state index in [0.717, 1.165) is 19.5 Å². The number of rotatable bonds is 5. The lowest BCUT2D eigenvalue weighted by molar-refractivity contribution is -0.144. The van der Waals surface area contributed by atoms with E-state index in [0.29, 0.717) is 0 Å². The van der Waals surface area contributed by atoms with E-state index in [-0.39, 0.29) is 5.91 Å². The van der Waals surface area contributed by atoms with Crippen molar-refractivity contribution in [2.45, 2.75) is 32.6 Å². The van der Waals surface area contributed by atoms with Gasteiger partial charge in [-0.05, 0) is 6.42 Å². The molecule has 0 aromatic carbocycles. The minimum Gasteiger partial charge on any atom is -0.277 e. The van der Waals surface area contributed by atoms with Crippen LogP contribution < -0.4 is 5.43 Å². The van der Waals surface area contributed by atoms with Crippen molar-refractivity contribution in [3.05, 3.63) is 0 Å². The lowest BCUT2D eigenvalue weighted by atomic mass is 10.2. The highest BCUT2D eigenvalue weighted by molar-refractivity contribution is 5.80. The molecule has 0 aliphatic carbocycles. The number of hydrogen-bond donors (Lipinski definition) is 1. The Balaban J connectivity index is 1.91. The van der Waals surface area contributed by atoms with E-state index in [1.54, 1.807) is 5.01 Å². The molecule has 0 saturated carbocycles. The fourth-order valence-electron chi connectivity index (χ4n) is 1.07. The van der Waals surface area contributed by atoms with Gasteiger partial charge in [-0.15, -0.1) is 0 Å². The zero-order valence-electron chi connectivity index (χ0n) is 7.10. The van der Waals surface area contributed by atoms with Crippen LogP contribution in [0.3, 0.4) is 0 Å². The Labute approximate surface area is 67.7 Å². The summed E-state index contributed by atoms with van der Waals surface area (Å²) in [5.74, 6) is 0.237. The van der Waals surface area contributed by atoms with Crippen LogP contribution >= 0.6 is 0 Å². The van der Waals surface area contributed by atoms with Gasteiger partial charge in [-0.2, -0.15) is 0 Å². The molecule has 0 aromatic rings. The molecule has 0 aromatic heterocycles. The molecule has 64 valence electrons. The summed E-state index contributed by atoms with van der Waals surface area (Å²) in [5, 5.41) is 1.70. The maximum atomic E-state index is 10.8. The maximum Gasteiger partial charge on any atom is 0.238 e.